The molecule has 0 aromatic carbocycles. The van der Waals surface area contributed by atoms with E-state index in [-0.39, 0.29) is 6.42 Å². The van der Waals surface area contributed by atoms with Gasteiger partial charge in [0.2, 0.25) is 0 Å². The number of carbonyl (C=O) groups excluding carboxylic acids is 1. The molecule has 5 nitrogen and oxygen atoms in total. The fourth-order valence-corrected chi connectivity index (χ4v) is 3.38. The molecule has 0 spiro atoms. The van der Waals surface area contributed by atoms with Crippen molar-refractivity contribution in [1.82, 2.24) is 9.38 Å². The summed E-state index contributed by atoms with van der Waals surface area (Å²) in [5.74, 6) is -1.10. The molecule has 0 radical (unpaired) electrons. The molecule has 22 heavy (non-hydrogen) atoms. The average Bonchev–Trinajstić information content (AvgIpc) is 2.65. The Bertz CT molecular complexity index is 675. The van der Waals surface area contributed by atoms with Gasteiger partial charge in [0, 0.05) is 18.6 Å². The van der Waals surface area contributed by atoms with Crippen molar-refractivity contribution in [3.05, 3.63) is 34.7 Å². The van der Waals surface area contributed by atoms with Crippen LogP contribution < -0.4 is 10.0 Å². The Morgan fingerprint density at radius 3 is 2.68 bits per heavy atom. The zero-order valence-corrected chi connectivity index (χ0v) is 13.2. The second-order valence-electron chi connectivity index (χ2n) is 5.97. The summed E-state index contributed by atoms with van der Waals surface area (Å²) in [6, 6.07) is 3.59. The summed E-state index contributed by atoms with van der Waals surface area (Å²) in [5, 5.41) is 11.6. The van der Waals surface area contributed by atoms with Crippen molar-refractivity contribution in [1.29, 1.82) is 0 Å². The number of imidazole rings is 1. The first-order valence-corrected chi connectivity index (χ1v) is 8.20. The van der Waals surface area contributed by atoms with Crippen LogP contribution >= 0.6 is 11.6 Å². The molecule has 3 heterocycles. The minimum Gasteiger partial charge on any atom is -0.550 e. The fraction of sp³-hybridized carbons (Fsp3) is 0.500. The van der Waals surface area contributed by atoms with E-state index in [1.165, 1.54) is 30.6 Å². The van der Waals surface area contributed by atoms with Gasteiger partial charge in [0.25, 0.3) is 0 Å². The Morgan fingerprint density at radius 2 is 2.00 bits per heavy atom. The first kappa shape index (κ1) is 15.3. The standard InChI is InChI=1S/C16H20ClN3O2/c17-12-5-6-15-18-13(9-16(21)22)14(20(15)10-12)11-19-7-3-1-2-4-8-19/h5-6,10H,1-4,7-9,11H2,(H,21,22). The SMILES string of the molecule is O=C([O-])Cc1nc2ccc(Cl)cn2c1C[NH+]1CCCCCC1. The van der Waals surface area contributed by atoms with Crippen molar-refractivity contribution in [2.24, 2.45) is 0 Å². The van der Waals surface area contributed by atoms with E-state index in [1.807, 2.05) is 16.7 Å². The van der Waals surface area contributed by atoms with Gasteiger partial charge in [-0.2, -0.15) is 0 Å². The van der Waals surface area contributed by atoms with Gasteiger partial charge in [-0.05, 0) is 37.8 Å². The van der Waals surface area contributed by atoms with E-state index in [1.54, 1.807) is 6.07 Å². The summed E-state index contributed by atoms with van der Waals surface area (Å²) in [5.41, 5.74) is 2.28. The Kier molecular flexibility index (Phi) is 4.64. The quantitative estimate of drug-likeness (QED) is 0.877. The fourth-order valence-electron chi connectivity index (χ4n) is 3.22. The van der Waals surface area contributed by atoms with Crippen LogP contribution in [-0.4, -0.2) is 28.4 Å². The molecule has 0 bridgehead atoms. The van der Waals surface area contributed by atoms with Crippen molar-refractivity contribution >= 4 is 23.2 Å². The Morgan fingerprint density at radius 1 is 1.27 bits per heavy atom. The second kappa shape index (κ2) is 6.67. The van der Waals surface area contributed by atoms with Crippen LogP contribution in [0.15, 0.2) is 18.3 Å². The van der Waals surface area contributed by atoms with E-state index in [2.05, 4.69) is 4.98 Å². The predicted molar refractivity (Wildman–Crippen MR) is 81.8 cm³/mol. The number of carbonyl (C=O) groups is 1. The molecule has 2 aromatic rings. The summed E-state index contributed by atoms with van der Waals surface area (Å²) in [4.78, 5) is 17.0. The van der Waals surface area contributed by atoms with Crippen molar-refractivity contribution in [2.75, 3.05) is 13.1 Å². The minimum atomic E-state index is -1.10. The molecule has 1 N–H and O–H groups in total. The molecule has 6 heteroatoms. The molecule has 1 saturated heterocycles. The molecule has 0 amide bonds. The van der Waals surface area contributed by atoms with Crippen molar-refractivity contribution in [3.63, 3.8) is 0 Å². The maximum absolute atomic E-state index is 11.0. The number of aliphatic carboxylic acids is 1. The van der Waals surface area contributed by atoms with Crippen molar-refractivity contribution in [3.8, 4) is 0 Å². The Hall–Kier alpha value is -1.59. The topological polar surface area (TPSA) is 61.9 Å². The van der Waals surface area contributed by atoms with Crippen LogP contribution in [0.2, 0.25) is 5.02 Å². The van der Waals surface area contributed by atoms with Crippen LogP contribution in [0.5, 0.6) is 0 Å². The number of likely N-dealkylation sites (tertiary alicyclic amines) is 1. The first-order valence-electron chi connectivity index (χ1n) is 7.82. The highest BCUT2D eigenvalue weighted by atomic mass is 35.5. The number of fused-ring (bicyclic) bond motifs is 1. The number of carboxylic acid groups (broad SMARTS) is 1. The Balaban J connectivity index is 1.96. The summed E-state index contributed by atoms with van der Waals surface area (Å²) < 4.78 is 1.93. The normalized spacial score (nSPS) is 16.8. The van der Waals surface area contributed by atoms with Crippen LogP contribution in [0.4, 0.5) is 0 Å². The number of aromatic nitrogens is 2. The summed E-state index contributed by atoms with van der Waals surface area (Å²) in [6.07, 6.45) is 6.69. The number of halogens is 1. The van der Waals surface area contributed by atoms with Gasteiger partial charge in [-0.3, -0.25) is 4.40 Å². The molecule has 0 unspecified atom stereocenters. The highest BCUT2D eigenvalue weighted by Crippen LogP contribution is 2.17. The van der Waals surface area contributed by atoms with Gasteiger partial charge >= 0.3 is 0 Å². The lowest BCUT2D eigenvalue weighted by Gasteiger charge is -2.17. The van der Waals surface area contributed by atoms with Crippen LogP contribution in [0.25, 0.3) is 5.65 Å². The summed E-state index contributed by atoms with van der Waals surface area (Å²) in [6.45, 7) is 3.03. The summed E-state index contributed by atoms with van der Waals surface area (Å²) >= 11 is 6.09. The molecule has 1 aliphatic rings. The maximum Gasteiger partial charge on any atom is 0.137 e. The highest BCUT2D eigenvalue weighted by molar-refractivity contribution is 6.30. The van der Waals surface area contributed by atoms with Crippen molar-refractivity contribution in [2.45, 2.75) is 38.6 Å². The molecular weight excluding hydrogens is 302 g/mol. The van der Waals surface area contributed by atoms with Gasteiger partial charge in [-0.25, -0.2) is 4.98 Å². The van der Waals surface area contributed by atoms with Crippen LogP contribution in [0, 0.1) is 0 Å². The third kappa shape index (κ3) is 3.42. The van der Waals surface area contributed by atoms with E-state index in [0.717, 1.165) is 31.0 Å². The number of nitrogens with zero attached hydrogens (tertiary/aromatic N) is 2. The molecule has 0 atom stereocenters. The van der Waals surface area contributed by atoms with E-state index in [4.69, 9.17) is 11.6 Å². The number of quaternary nitrogens is 1. The van der Waals surface area contributed by atoms with Crippen molar-refractivity contribution < 1.29 is 14.8 Å². The smallest absolute Gasteiger partial charge is 0.137 e. The number of nitrogens with one attached hydrogen (secondary N) is 1. The van der Waals surface area contributed by atoms with Gasteiger partial charge in [-0.15, -0.1) is 0 Å². The number of hydrogen-bond acceptors (Lipinski definition) is 3. The van der Waals surface area contributed by atoms with Gasteiger partial charge in [-0.1, -0.05) is 11.6 Å². The third-order valence-electron chi connectivity index (χ3n) is 4.30. The second-order valence-corrected chi connectivity index (χ2v) is 6.41. The molecule has 118 valence electrons. The summed E-state index contributed by atoms with van der Waals surface area (Å²) in [7, 11) is 0. The first-order chi connectivity index (χ1) is 10.6. The largest absolute Gasteiger partial charge is 0.550 e. The molecular formula is C16H20ClN3O2. The van der Waals surface area contributed by atoms with Gasteiger partial charge < -0.3 is 14.8 Å². The molecule has 0 saturated carbocycles. The van der Waals surface area contributed by atoms with Gasteiger partial charge in [0.15, 0.2) is 0 Å². The van der Waals surface area contributed by atoms with Gasteiger partial charge in [0.1, 0.15) is 17.9 Å². The molecule has 0 aliphatic carbocycles. The molecule has 3 rings (SSSR count). The number of pyridine rings is 1. The zero-order chi connectivity index (χ0) is 15.5. The van der Waals surface area contributed by atoms with E-state index >= 15 is 0 Å². The van der Waals surface area contributed by atoms with Gasteiger partial charge in [0.05, 0.1) is 23.8 Å². The van der Waals surface area contributed by atoms with E-state index < -0.39 is 5.97 Å². The lowest BCUT2D eigenvalue weighted by atomic mass is 10.2. The van der Waals surface area contributed by atoms with Crippen LogP contribution in [-0.2, 0) is 17.8 Å². The predicted octanol–water partition coefficient (Wildman–Crippen LogP) is 0.239. The number of carboxylic acids is 1. The van der Waals surface area contributed by atoms with E-state index in [0.29, 0.717) is 10.7 Å². The lowest BCUT2D eigenvalue weighted by molar-refractivity contribution is -0.913. The third-order valence-corrected chi connectivity index (χ3v) is 4.53. The van der Waals surface area contributed by atoms with Crippen LogP contribution in [0.3, 0.4) is 0 Å². The molecule has 1 aliphatic heterocycles. The van der Waals surface area contributed by atoms with Crippen LogP contribution in [0.1, 0.15) is 37.1 Å². The molecule has 2 aromatic heterocycles. The minimum absolute atomic E-state index is 0.151. The lowest BCUT2D eigenvalue weighted by Crippen LogP contribution is -3.10. The Labute approximate surface area is 134 Å². The maximum atomic E-state index is 11.0. The highest BCUT2D eigenvalue weighted by Gasteiger charge is 2.19. The molecule has 1 fully saturated rings. The monoisotopic (exact) mass is 321 g/mol. The number of hydrogen-bond donors (Lipinski definition) is 1. The zero-order valence-electron chi connectivity index (χ0n) is 12.5. The van der Waals surface area contributed by atoms with E-state index in [9.17, 15) is 9.90 Å². The number of rotatable bonds is 4. The average molecular weight is 322 g/mol.